The van der Waals surface area contributed by atoms with E-state index in [1.165, 1.54) is 18.2 Å². The van der Waals surface area contributed by atoms with Crippen molar-refractivity contribution in [3.63, 3.8) is 0 Å². The van der Waals surface area contributed by atoms with Gasteiger partial charge < -0.3 is 15.2 Å². The Morgan fingerprint density at radius 3 is 2.24 bits per heavy atom. The zero-order chi connectivity index (χ0) is 21.1. The minimum Gasteiger partial charge on any atom is -0.452 e. The number of esters is 1. The molecule has 148 valence electrons. The lowest BCUT2D eigenvalue weighted by Crippen LogP contribution is -2.34. The van der Waals surface area contributed by atoms with Gasteiger partial charge in [0.1, 0.15) is 0 Å². The highest BCUT2D eigenvalue weighted by atomic mass is 16.6. The van der Waals surface area contributed by atoms with E-state index in [9.17, 15) is 24.0 Å². The van der Waals surface area contributed by atoms with Gasteiger partial charge in [0.2, 0.25) is 0 Å². The van der Waals surface area contributed by atoms with Crippen LogP contribution in [-0.2, 0) is 14.3 Å². The van der Waals surface area contributed by atoms with Crippen molar-refractivity contribution in [1.29, 1.82) is 0 Å². The molecule has 9 heteroatoms. The summed E-state index contributed by atoms with van der Waals surface area (Å²) < 4.78 is 9.37. The number of ketones is 2. The second-order valence-corrected chi connectivity index (χ2v) is 6.00. The Morgan fingerprint density at radius 1 is 0.931 bits per heavy atom. The predicted octanol–water partition coefficient (Wildman–Crippen LogP) is 1.47. The van der Waals surface area contributed by atoms with Crippen LogP contribution < -0.4 is 11.1 Å². The van der Waals surface area contributed by atoms with Gasteiger partial charge in [0.15, 0.2) is 18.2 Å². The predicted molar refractivity (Wildman–Crippen MR) is 99.6 cm³/mol. The van der Waals surface area contributed by atoms with Crippen LogP contribution in [0.4, 0.5) is 10.5 Å². The number of nitrogens with two attached hydrogens (primary N) is 1. The van der Waals surface area contributed by atoms with E-state index in [1.807, 2.05) is 5.32 Å². The minimum atomic E-state index is -0.983. The first-order chi connectivity index (χ1) is 13.8. The second-order valence-electron chi connectivity index (χ2n) is 6.00. The maximum absolute atomic E-state index is 12.8. The summed E-state index contributed by atoms with van der Waals surface area (Å²) in [6.07, 6.45) is -0.968. The topological polar surface area (TPSA) is 142 Å². The molecule has 2 aromatic carbocycles. The SMILES string of the molecule is CCOC(=O)NC(=O)COC(=O)c1ccc2c(c1N)C(=O)c1ccccc1C2=O. The first-order valence-electron chi connectivity index (χ1n) is 8.59. The van der Waals surface area contributed by atoms with E-state index in [0.29, 0.717) is 0 Å². The Labute approximate surface area is 164 Å². The highest BCUT2D eigenvalue weighted by Crippen LogP contribution is 2.32. The van der Waals surface area contributed by atoms with E-state index in [4.69, 9.17) is 10.5 Å². The van der Waals surface area contributed by atoms with Crippen molar-refractivity contribution in [3.8, 4) is 0 Å². The number of imide groups is 1. The summed E-state index contributed by atoms with van der Waals surface area (Å²) in [7, 11) is 0. The van der Waals surface area contributed by atoms with Crippen LogP contribution in [0.25, 0.3) is 0 Å². The van der Waals surface area contributed by atoms with Crippen LogP contribution in [0.3, 0.4) is 0 Å². The molecule has 1 aliphatic rings. The number of ether oxygens (including phenoxy) is 2. The van der Waals surface area contributed by atoms with Gasteiger partial charge in [-0.15, -0.1) is 0 Å². The summed E-state index contributed by atoms with van der Waals surface area (Å²) in [6.45, 7) is 0.873. The van der Waals surface area contributed by atoms with Crippen molar-refractivity contribution >= 4 is 35.2 Å². The highest BCUT2D eigenvalue weighted by Gasteiger charge is 2.33. The van der Waals surface area contributed by atoms with Gasteiger partial charge in [-0.3, -0.25) is 19.7 Å². The number of hydrogen-bond donors (Lipinski definition) is 2. The van der Waals surface area contributed by atoms with Crippen molar-refractivity contribution in [3.05, 3.63) is 64.2 Å². The number of carbonyl (C=O) groups is 5. The van der Waals surface area contributed by atoms with Crippen LogP contribution in [0, 0.1) is 0 Å². The molecule has 9 nitrogen and oxygen atoms in total. The smallest absolute Gasteiger partial charge is 0.413 e. The zero-order valence-electron chi connectivity index (χ0n) is 15.3. The van der Waals surface area contributed by atoms with E-state index in [2.05, 4.69) is 4.74 Å². The Hall–Kier alpha value is -4.01. The molecule has 0 aliphatic heterocycles. The Bertz CT molecular complexity index is 1060. The lowest BCUT2D eigenvalue weighted by molar-refractivity contribution is -0.123. The van der Waals surface area contributed by atoms with E-state index < -0.39 is 30.4 Å². The lowest BCUT2D eigenvalue weighted by Gasteiger charge is -2.20. The van der Waals surface area contributed by atoms with Crippen LogP contribution in [0.5, 0.6) is 0 Å². The third-order valence-corrected chi connectivity index (χ3v) is 4.20. The summed E-state index contributed by atoms with van der Waals surface area (Å²) in [5.74, 6) is -2.74. The van der Waals surface area contributed by atoms with Gasteiger partial charge in [-0.25, -0.2) is 9.59 Å². The standard InChI is InChI=1S/C20H16N2O7/c1-2-28-20(27)22-14(23)9-29-19(26)13-8-7-12-15(16(13)21)18(25)11-6-4-3-5-10(11)17(12)24/h3-8H,2,9,21H2,1H3,(H,22,23,27). The quantitative estimate of drug-likeness (QED) is 0.499. The molecule has 3 rings (SSSR count). The van der Waals surface area contributed by atoms with Gasteiger partial charge in [-0.1, -0.05) is 24.3 Å². The molecule has 0 unspecified atom stereocenters. The van der Waals surface area contributed by atoms with Crippen molar-refractivity contribution in [1.82, 2.24) is 5.32 Å². The van der Waals surface area contributed by atoms with Crippen molar-refractivity contribution in [2.45, 2.75) is 6.92 Å². The Kier molecular flexibility index (Phi) is 5.40. The summed E-state index contributed by atoms with van der Waals surface area (Å²) in [5.41, 5.74) is 6.06. The molecule has 0 spiro atoms. The molecular weight excluding hydrogens is 380 g/mol. The molecule has 0 fully saturated rings. The number of carbonyl (C=O) groups excluding carboxylic acids is 5. The Morgan fingerprint density at radius 2 is 1.59 bits per heavy atom. The fraction of sp³-hybridized carbons (Fsp3) is 0.150. The number of amides is 2. The number of hydrogen-bond acceptors (Lipinski definition) is 8. The first-order valence-corrected chi connectivity index (χ1v) is 8.59. The van der Waals surface area contributed by atoms with Crippen molar-refractivity contribution < 1.29 is 33.4 Å². The maximum atomic E-state index is 12.8. The summed E-state index contributed by atoms with van der Waals surface area (Å²) >= 11 is 0. The molecular formula is C20H16N2O7. The number of benzene rings is 2. The summed E-state index contributed by atoms with van der Waals surface area (Å²) in [6, 6.07) is 8.87. The number of fused-ring (bicyclic) bond motifs is 2. The fourth-order valence-corrected chi connectivity index (χ4v) is 2.92. The third kappa shape index (κ3) is 3.70. The molecule has 0 saturated heterocycles. The normalized spacial score (nSPS) is 11.9. The zero-order valence-corrected chi connectivity index (χ0v) is 15.3. The molecule has 29 heavy (non-hydrogen) atoms. The molecule has 0 bridgehead atoms. The lowest BCUT2D eigenvalue weighted by atomic mass is 9.82. The molecule has 2 aromatic rings. The highest BCUT2D eigenvalue weighted by molar-refractivity contribution is 6.30. The Balaban J connectivity index is 1.81. The van der Waals surface area contributed by atoms with E-state index >= 15 is 0 Å². The number of rotatable bonds is 4. The van der Waals surface area contributed by atoms with Crippen LogP contribution in [0.15, 0.2) is 36.4 Å². The monoisotopic (exact) mass is 396 g/mol. The van der Waals surface area contributed by atoms with Crippen LogP contribution in [-0.4, -0.2) is 42.7 Å². The van der Waals surface area contributed by atoms with Crippen molar-refractivity contribution in [2.75, 3.05) is 18.9 Å². The van der Waals surface area contributed by atoms with Gasteiger partial charge in [0, 0.05) is 16.7 Å². The van der Waals surface area contributed by atoms with E-state index in [1.54, 1.807) is 25.1 Å². The van der Waals surface area contributed by atoms with Crippen LogP contribution >= 0.6 is 0 Å². The van der Waals surface area contributed by atoms with Crippen molar-refractivity contribution in [2.24, 2.45) is 0 Å². The number of nitrogens with one attached hydrogen (secondary N) is 1. The van der Waals surface area contributed by atoms with Gasteiger partial charge in [0.25, 0.3) is 5.91 Å². The number of alkyl carbamates (subject to hydrolysis) is 1. The third-order valence-electron chi connectivity index (χ3n) is 4.20. The molecule has 0 saturated carbocycles. The average molecular weight is 396 g/mol. The van der Waals surface area contributed by atoms with E-state index in [0.717, 1.165) is 0 Å². The molecule has 2 amide bonds. The van der Waals surface area contributed by atoms with Gasteiger partial charge in [0.05, 0.1) is 23.4 Å². The van der Waals surface area contributed by atoms with E-state index in [-0.39, 0.29) is 45.9 Å². The van der Waals surface area contributed by atoms with Crippen LogP contribution in [0.1, 0.15) is 49.1 Å². The first kappa shape index (κ1) is 19.7. The second kappa shape index (κ2) is 7.93. The molecule has 0 aromatic heterocycles. The van der Waals surface area contributed by atoms with Gasteiger partial charge in [-0.2, -0.15) is 0 Å². The molecule has 0 radical (unpaired) electrons. The molecule has 0 heterocycles. The average Bonchev–Trinajstić information content (AvgIpc) is 2.70. The molecule has 3 N–H and O–H groups in total. The van der Waals surface area contributed by atoms with Crippen LogP contribution in [0.2, 0.25) is 0 Å². The molecule has 1 aliphatic carbocycles. The van der Waals surface area contributed by atoms with Gasteiger partial charge >= 0.3 is 12.1 Å². The van der Waals surface area contributed by atoms with Gasteiger partial charge in [-0.05, 0) is 19.1 Å². The summed E-state index contributed by atoms with van der Waals surface area (Å²) in [5, 5.41) is 1.87. The maximum Gasteiger partial charge on any atom is 0.413 e. The fourth-order valence-electron chi connectivity index (χ4n) is 2.92. The number of anilines is 1. The minimum absolute atomic E-state index is 0.0699. The molecule has 0 atom stereocenters. The number of nitrogen functional groups attached to an aromatic ring is 1. The summed E-state index contributed by atoms with van der Waals surface area (Å²) in [4.78, 5) is 60.5. The largest absolute Gasteiger partial charge is 0.452 e.